The van der Waals surface area contributed by atoms with Crippen LogP contribution in [-0.4, -0.2) is 19.1 Å². The van der Waals surface area contributed by atoms with E-state index in [4.69, 9.17) is 0 Å². The highest BCUT2D eigenvalue weighted by Gasteiger charge is 2.15. The molecule has 0 aliphatic heterocycles. The van der Waals surface area contributed by atoms with Crippen molar-refractivity contribution in [1.29, 1.82) is 0 Å². The molecule has 1 rings (SSSR count). The van der Waals surface area contributed by atoms with Gasteiger partial charge >= 0.3 is 5.97 Å². The summed E-state index contributed by atoms with van der Waals surface area (Å²) < 4.78 is 18.3. The van der Waals surface area contributed by atoms with E-state index in [0.717, 1.165) is 6.42 Å². The third-order valence-corrected chi connectivity index (χ3v) is 2.97. The Morgan fingerprint density at radius 2 is 2.11 bits per heavy atom. The summed E-state index contributed by atoms with van der Waals surface area (Å²) in [6.45, 7) is 6.19. The number of halogens is 1. The zero-order valence-corrected chi connectivity index (χ0v) is 11.3. The van der Waals surface area contributed by atoms with E-state index in [1.165, 1.54) is 25.3 Å². The fourth-order valence-electron chi connectivity index (χ4n) is 1.82. The Kier molecular flexibility index (Phi) is 5.13. The number of rotatable bonds is 5. The Bertz CT molecular complexity index is 418. The third kappa shape index (κ3) is 3.45. The van der Waals surface area contributed by atoms with Crippen LogP contribution < -0.4 is 5.32 Å². The minimum absolute atomic E-state index is 0.174. The molecule has 0 bridgehead atoms. The molecular weight excluding hydrogens is 233 g/mol. The average Bonchev–Trinajstić information content (AvgIpc) is 2.36. The van der Waals surface area contributed by atoms with Gasteiger partial charge in [-0.15, -0.1) is 0 Å². The highest BCUT2D eigenvalue weighted by Crippen LogP contribution is 2.20. The van der Waals surface area contributed by atoms with E-state index < -0.39 is 5.97 Å². The number of esters is 1. The van der Waals surface area contributed by atoms with Gasteiger partial charge in [-0.1, -0.05) is 20.8 Å². The maximum Gasteiger partial charge on any atom is 0.337 e. The van der Waals surface area contributed by atoms with E-state index in [1.807, 2.05) is 6.92 Å². The molecule has 1 atom stereocenters. The van der Waals surface area contributed by atoms with Crippen molar-refractivity contribution in [2.75, 3.05) is 12.4 Å². The first-order valence-corrected chi connectivity index (χ1v) is 6.14. The lowest BCUT2D eigenvalue weighted by molar-refractivity contribution is 0.0600. The standard InChI is InChI=1S/C14H20FNO2/c1-5-12(9(2)3)16-13-8-10(14(17)18-4)6-7-11(13)15/h6-9,12,16H,5H2,1-4H3. The van der Waals surface area contributed by atoms with Crippen LogP contribution in [0.4, 0.5) is 10.1 Å². The Morgan fingerprint density at radius 1 is 1.44 bits per heavy atom. The molecule has 1 aromatic carbocycles. The molecule has 1 N–H and O–H groups in total. The van der Waals surface area contributed by atoms with E-state index in [-0.39, 0.29) is 11.9 Å². The van der Waals surface area contributed by atoms with E-state index in [1.54, 1.807) is 0 Å². The number of carbonyl (C=O) groups excluding carboxylic acids is 1. The van der Waals surface area contributed by atoms with Gasteiger partial charge in [0.1, 0.15) is 5.82 Å². The second kappa shape index (κ2) is 6.38. The number of ether oxygens (including phenoxy) is 1. The molecule has 100 valence electrons. The van der Waals surface area contributed by atoms with Crippen molar-refractivity contribution in [3.8, 4) is 0 Å². The first kappa shape index (κ1) is 14.5. The first-order chi connectivity index (χ1) is 8.49. The molecule has 0 aliphatic carbocycles. The van der Waals surface area contributed by atoms with Crippen molar-refractivity contribution in [1.82, 2.24) is 0 Å². The number of anilines is 1. The molecule has 0 saturated heterocycles. The molecule has 3 nitrogen and oxygen atoms in total. The number of hydrogen-bond donors (Lipinski definition) is 1. The van der Waals surface area contributed by atoms with Crippen LogP contribution in [0.15, 0.2) is 18.2 Å². The van der Waals surface area contributed by atoms with Gasteiger partial charge in [0.25, 0.3) is 0 Å². The van der Waals surface area contributed by atoms with E-state index >= 15 is 0 Å². The molecule has 0 aromatic heterocycles. The van der Waals surface area contributed by atoms with Crippen LogP contribution in [0, 0.1) is 11.7 Å². The van der Waals surface area contributed by atoms with Gasteiger partial charge < -0.3 is 10.1 Å². The van der Waals surface area contributed by atoms with Gasteiger partial charge in [-0.3, -0.25) is 0 Å². The quantitative estimate of drug-likeness (QED) is 0.817. The largest absolute Gasteiger partial charge is 0.465 e. The van der Waals surface area contributed by atoms with E-state index in [2.05, 4.69) is 23.9 Å². The molecule has 0 spiro atoms. The topological polar surface area (TPSA) is 38.3 Å². The minimum Gasteiger partial charge on any atom is -0.465 e. The first-order valence-electron chi connectivity index (χ1n) is 6.14. The van der Waals surface area contributed by atoms with Gasteiger partial charge in [-0.05, 0) is 30.5 Å². The van der Waals surface area contributed by atoms with E-state index in [9.17, 15) is 9.18 Å². The smallest absolute Gasteiger partial charge is 0.337 e. The summed E-state index contributed by atoms with van der Waals surface area (Å²) in [7, 11) is 1.31. The van der Waals surface area contributed by atoms with Crippen LogP contribution in [0.2, 0.25) is 0 Å². The predicted molar refractivity (Wildman–Crippen MR) is 70.3 cm³/mol. The fourth-order valence-corrected chi connectivity index (χ4v) is 1.82. The Hall–Kier alpha value is -1.58. The van der Waals surface area contributed by atoms with Crippen LogP contribution in [0.5, 0.6) is 0 Å². The second-order valence-corrected chi connectivity index (χ2v) is 4.59. The second-order valence-electron chi connectivity index (χ2n) is 4.59. The molecule has 0 fully saturated rings. The van der Waals surface area contributed by atoms with Crippen molar-refractivity contribution < 1.29 is 13.9 Å². The zero-order chi connectivity index (χ0) is 13.7. The summed E-state index contributed by atoms with van der Waals surface area (Å²) >= 11 is 0. The number of nitrogens with one attached hydrogen (secondary N) is 1. The van der Waals surface area contributed by atoms with Crippen LogP contribution in [0.1, 0.15) is 37.6 Å². The Balaban J connectivity index is 2.97. The molecule has 0 heterocycles. The Morgan fingerprint density at radius 3 is 2.61 bits per heavy atom. The highest BCUT2D eigenvalue weighted by molar-refractivity contribution is 5.90. The number of hydrogen-bond acceptors (Lipinski definition) is 3. The molecule has 0 saturated carbocycles. The third-order valence-electron chi connectivity index (χ3n) is 2.97. The molecule has 4 heteroatoms. The molecular formula is C14H20FNO2. The maximum atomic E-state index is 13.7. The van der Waals surface area contributed by atoms with Crippen molar-refractivity contribution in [3.05, 3.63) is 29.6 Å². The van der Waals surface area contributed by atoms with Gasteiger partial charge in [0.15, 0.2) is 0 Å². The monoisotopic (exact) mass is 253 g/mol. The molecule has 0 aliphatic rings. The van der Waals surface area contributed by atoms with Gasteiger partial charge in [0.05, 0.1) is 18.4 Å². The summed E-state index contributed by atoms with van der Waals surface area (Å²) in [4.78, 5) is 11.4. The molecule has 18 heavy (non-hydrogen) atoms. The number of benzene rings is 1. The summed E-state index contributed by atoms with van der Waals surface area (Å²) in [5.74, 6) is -0.436. The zero-order valence-electron chi connectivity index (χ0n) is 11.3. The molecule has 0 amide bonds. The van der Waals surface area contributed by atoms with Crippen molar-refractivity contribution in [2.24, 2.45) is 5.92 Å². The Labute approximate surface area is 107 Å². The van der Waals surface area contributed by atoms with Crippen LogP contribution >= 0.6 is 0 Å². The lowest BCUT2D eigenvalue weighted by atomic mass is 10.0. The van der Waals surface area contributed by atoms with Crippen LogP contribution in [-0.2, 0) is 4.74 Å². The normalized spacial score (nSPS) is 12.3. The number of carbonyl (C=O) groups is 1. The summed E-state index contributed by atoms with van der Waals surface area (Å²) in [5.41, 5.74) is 0.693. The maximum absolute atomic E-state index is 13.7. The van der Waals surface area contributed by atoms with Crippen LogP contribution in [0.3, 0.4) is 0 Å². The summed E-state index contributed by atoms with van der Waals surface area (Å²) in [5, 5.41) is 3.13. The lowest BCUT2D eigenvalue weighted by Crippen LogP contribution is -2.25. The van der Waals surface area contributed by atoms with Gasteiger partial charge in [-0.2, -0.15) is 0 Å². The van der Waals surface area contributed by atoms with Crippen molar-refractivity contribution >= 4 is 11.7 Å². The highest BCUT2D eigenvalue weighted by atomic mass is 19.1. The minimum atomic E-state index is -0.462. The SMILES string of the molecule is CCC(Nc1cc(C(=O)OC)ccc1F)C(C)C. The van der Waals surface area contributed by atoms with Crippen molar-refractivity contribution in [2.45, 2.75) is 33.2 Å². The fraction of sp³-hybridized carbons (Fsp3) is 0.500. The lowest BCUT2D eigenvalue weighted by Gasteiger charge is -2.22. The predicted octanol–water partition coefficient (Wildman–Crippen LogP) is 3.46. The summed E-state index contributed by atoms with van der Waals surface area (Å²) in [6, 6.07) is 4.36. The summed E-state index contributed by atoms with van der Waals surface area (Å²) in [6.07, 6.45) is 0.888. The van der Waals surface area contributed by atoms with Crippen molar-refractivity contribution in [3.63, 3.8) is 0 Å². The average molecular weight is 253 g/mol. The molecule has 1 aromatic rings. The molecule has 1 unspecified atom stereocenters. The van der Waals surface area contributed by atoms with Gasteiger partial charge in [0, 0.05) is 6.04 Å². The molecule has 0 radical (unpaired) electrons. The van der Waals surface area contributed by atoms with Gasteiger partial charge in [-0.25, -0.2) is 9.18 Å². The van der Waals surface area contributed by atoms with Gasteiger partial charge in [0.2, 0.25) is 0 Å². The van der Waals surface area contributed by atoms with E-state index in [0.29, 0.717) is 17.2 Å². The number of methoxy groups -OCH3 is 1. The van der Waals surface area contributed by atoms with Crippen LogP contribution in [0.25, 0.3) is 0 Å².